The topological polar surface area (TPSA) is 35.6 Å². The molecule has 2 fully saturated rings. The monoisotopic (exact) mass is 295 g/mol. The van der Waals surface area contributed by atoms with E-state index in [0.29, 0.717) is 17.9 Å². The van der Waals surface area contributed by atoms with E-state index >= 15 is 0 Å². The molecule has 0 aliphatic carbocycles. The zero-order valence-corrected chi connectivity index (χ0v) is 14.1. The van der Waals surface area contributed by atoms with Crippen molar-refractivity contribution >= 4 is 5.91 Å². The average molecular weight is 295 g/mol. The van der Waals surface area contributed by atoms with E-state index in [1.807, 2.05) is 11.8 Å². The SMILES string of the molecule is CCCN1CCCC(C(C)NC(C)C(=O)N2CCCC2)C1. The molecular weight excluding hydrogens is 262 g/mol. The summed E-state index contributed by atoms with van der Waals surface area (Å²) >= 11 is 0. The molecule has 0 bridgehead atoms. The van der Waals surface area contributed by atoms with Crippen molar-refractivity contribution < 1.29 is 4.79 Å². The molecule has 4 heteroatoms. The summed E-state index contributed by atoms with van der Waals surface area (Å²) in [5.74, 6) is 0.972. The molecule has 2 saturated heterocycles. The second-order valence-electron chi connectivity index (χ2n) is 6.91. The molecule has 2 heterocycles. The molecular formula is C17H33N3O. The predicted octanol–water partition coefficient (Wildman–Crippen LogP) is 2.10. The molecule has 3 atom stereocenters. The predicted molar refractivity (Wildman–Crippen MR) is 87.3 cm³/mol. The summed E-state index contributed by atoms with van der Waals surface area (Å²) in [5, 5.41) is 3.57. The molecule has 122 valence electrons. The fourth-order valence-corrected chi connectivity index (χ4v) is 3.83. The Morgan fingerprint density at radius 2 is 1.90 bits per heavy atom. The van der Waals surface area contributed by atoms with Crippen LogP contribution in [0.15, 0.2) is 0 Å². The third-order valence-corrected chi connectivity index (χ3v) is 5.09. The first-order valence-corrected chi connectivity index (χ1v) is 8.89. The van der Waals surface area contributed by atoms with E-state index in [1.165, 1.54) is 51.7 Å². The van der Waals surface area contributed by atoms with E-state index in [2.05, 4.69) is 24.1 Å². The molecule has 0 aromatic carbocycles. The molecule has 3 unspecified atom stereocenters. The highest BCUT2D eigenvalue weighted by molar-refractivity contribution is 5.81. The van der Waals surface area contributed by atoms with Crippen LogP contribution in [0, 0.1) is 5.92 Å². The van der Waals surface area contributed by atoms with Gasteiger partial charge in [0, 0.05) is 25.7 Å². The zero-order chi connectivity index (χ0) is 15.2. The van der Waals surface area contributed by atoms with Gasteiger partial charge in [-0.1, -0.05) is 6.92 Å². The summed E-state index contributed by atoms with van der Waals surface area (Å²) in [6, 6.07) is 0.380. The molecule has 4 nitrogen and oxygen atoms in total. The van der Waals surface area contributed by atoms with Gasteiger partial charge in [-0.3, -0.25) is 4.79 Å². The van der Waals surface area contributed by atoms with Gasteiger partial charge in [0.25, 0.3) is 0 Å². The van der Waals surface area contributed by atoms with Gasteiger partial charge < -0.3 is 15.1 Å². The number of rotatable bonds is 6. The first kappa shape index (κ1) is 16.8. The van der Waals surface area contributed by atoms with Gasteiger partial charge in [-0.15, -0.1) is 0 Å². The van der Waals surface area contributed by atoms with Gasteiger partial charge in [0.05, 0.1) is 6.04 Å². The van der Waals surface area contributed by atoms with Crippen LogP contribution in [0.4, 0.5) is 0 Å². The molecule has 0 aromatic heterocycles. The van der Waals surface area contributed by atoms with Crippen LogP contribution in [-0.4, -0.2) is 60.5 Å². The summed E-state index contributed by atoms with van der Waals surface area (Å²) in [7, 11) is 0. The summed E-state index contributed by atoms with van der Waals surface area (Å²) in [6.07, 6.45) is 6.16. The Bertz CT molecular complexity index is 326. The van der Waals surface area contributed by atoms with Crippen LogP contribution in [0.2, 0.25) is 0 Å². The largest absolute Gasteiger partial charge is 0.341 e. The molecule has 0 saturated carbocycles. The second kappa shape index (κ2) is 8.14. The molecule has 2 aliphatic heterocycles. The Kier molecular flexibility index (Phi) is 6.49. The van der Waals surface area contributed by atoms with Gasteiger partial charge >= 0.3 is 0 Å². The van der Waals surface area contributed by atoms with Gasteiger partial charge in [-0.05, 0) is 65.0 Å². The van der Waals surface area contributed by atoms with Crippen molar-refractivity contribution in [3.8, 4) is 0 Å². The third kappa shape index (κ3) is 4.68. The van der Waals surface area contributed by atoms with Crippen molar-refractivity contribution in [1.82, 2.24) is 15.1 Å². The molecule has 0 aromatic rings. The van der Waals surface area contributed by atoms with Crippen molar-refractivity contribution in [1.29, 1.82) is 0 Å². The first-order valence-electron chi connectivity index (χ1n) is 8.89. The van der Waals surface area contributed by atoms with E-state index in [-0.39, 0.29) is 6.04 Å². The average Bonchev–Trinajstić information content (AvgIpc) is 3.01. The Morgan fingerprint density at radius 3 is 2.57 bits per heavy atom. The van der Waals surface area contributed by atoms with Crippen LogP contribution in [0.5, 0.6) is 0 Å². The Hall–Kier alpha value is -0.610. The summed E-state index contributed by atoms with van der Waals surface area (Å²) in [4.78, 5) is 17.0. The highest BCUT2D eigenvalue weighted by Gasteiger charge is 2.28. The lowest BCUT2D eigenvalue weighted by Gasteiger charge is -2.37. The number of nitrogens with zero attached hydrogens (tertiary/aromatic N) is 2. The maximum atomic E-state index is 12.4. The second-order valence-corrected chi connectivity index (χ2v) is 6.91. The summed E-state index contributed by atoms with van der Waals surface area (Å²) in [5.41, 5.74) is 0. The van der Waals surface area contributed by atoms with Gasteiger partial charge in [0.2, 0.25) is 5.91 Å². The summed E-state index contributed by atoms with van der Waals surface area (Å²) < 4.78 is 0. The number of hydrogen-bond acceptors (Lipinski definition) is 3. The number of piperidine rings is 1. The molecule has 0 spiro atoms. The van der Waals surface area contributed by atoms with E-state index in [9.17, 15) is 4.79 Å². The number of amides is 1. The first-order chi connectivity index (χ1) is 10.1. The van der Waals surface area contributed by atoms with Gasteiger partial charge in [-0.2, -0.15) is 0 Å². The fourth-order valence-electron chi connectivity index (χ4n) is 3.83. The lowest BCUT2D eigenvalue weighted by molar-refractivity contribution is -0.132. The molecule has 0 radical (unpaired) electrons. The minimum absolute atomic E-state index is 0.0420. The highest BCUT2D eigenvalue weighted by Crippen LogP contribution is 2.20. The van der Waals surface area contributed by atoms with Crippen LogP contribution in [-0.2, 0) is 4.79 Å². The molecule has 2 aliphatic rings. The number of likely N-dealkylation sites (tertiary alicyclic amines) is 2. The quantitative estimate of drug-likeness (QED) is 0.815. The minimum atomic E-state index is -0.0420. The summed E-state index contributed by atoms with van der Waals surface area (Å²) in [6.45, 7) is 12.1. The number of nitrogens with one attached hydrogen (secondary N) is 1. The van der Waals surface area contributed by atoms with Gasteiger partial charge in [0.1, 0.15) is 0 Å². The van der Waals surface area contributed by atoms with Crippen molar-refractivity contribution in [2.45, 2.75) is 65.0 Å². The molecule has 21 heavy (non-hydrogen) atoms. The Labute approximate surface area is 130 Å². The lowest BCUT2D eigenvalue weighted by Crippen LogP contribution is -2.51. The Morgan fingerprint density at radius 1 is 1.19 bits per heavy atom. The molecule has 1 N–H and O–H groups in total. The van der Waals surface area contributed by atoms with Crippen LogP contribution in [0.25, 0.3) is 0 Å². The van der Waals surface area contributed by atoms with Crippen molar-refractivity contribution in [3.05, 3.63) is 0 Å². The molecule has 2 rings (SSSR count). The Balaban J connectivity index is 1.79. The van der Waals surface area contributed by atoms with Gasteiger partial charge in [0.15, 0.2) is 0 Å². The van der Waals surface area contributed by atoms with Crippen molar-refractivity contribution in [2.24, 2.45) is 5.92 Å². The van der Waals surface area contributed by atoms with Crippen LogP contribution < -0.4 is 5.32 Å². The number of carbonyl (C=O) groups is 1. The van der Waals surface area contributed by atoms with Gasteiger partial charge in [-0.25, -0.2) is 0 Å². The number of hydrogen-bond donors (Lipinski definition) is 1. The van der Waals surface area contributed by atoms with E-state index < -0.39 is 0 Å². The van der Waals surface area contributed by atoms with Crippen LogP contribution in [0.3, 0.4) is 0 Å². The third-order valence-electron chi connectivity index (χ3n) is 5.09. The molecule has 1 amide bonds. The fraction of sp³-hybridized carbons (Fsp3) is 0.941. The standard InChI is InChI=1S/C17H33N3O/c1-4-9-19-10-7-8-16(13-19)14(2)18-15(3)17(21)20-11-5-6-12-20/h14-16,18H,4-13H2,1-3H3. The maximum Gasteiger partial charge on any atom is 0.239 e. The highest BCUT2D eigenvalue weighted by atomic mass is 16.2. The van der Waals surface area contributed by atoms with E-state index in [0.717, 1.165) is 13.1 Å². The maximum absolute atomic E-state index is 12.4. The lowest BCUT2D eigenvalue weighted by atomic mass is 9.91. The smallest absolute Gasteiger partial charge is 0.239 e. The zero-order valence-electron chi connectivity index (χ0n) is 14.1. The number of carbonyl (C=O) groups excluding carboxylic acids is 1. The van der Waals surface area contributed by atoms with E-state index in [4.69, 9.17) is 0 Å². The van der Waals surface area contributed by atoms with Crippen LogP contribution >= 0.6 is 0 Å². The van der Waals surface area contributed by atoms with Crippen LogP contribution in [0.1, 0.15) is 52.9 Å². The van der Waals surface area contributed by atoms with Crippen molar-refractivity contribution in [3.63, 3.8) is 0 Å². The van der Waals surface area contributed by atoms with E-state index in [1.54, 1.807) is 0 Å². The van der Waals surface area contributed by atoms with Crippen molar-refractivity contribution in [2.75, 3.05) is 32.7 Å². The normalized spacial score (nSPS) is 26.8. The minimum Gasteiger partial charge on any atom is -0.341 e.